The van der Waals surface area contributed by atoms with Gasteiger partial charge >= 0.3 is 0 Å². The first kappa shape index (κ1) is 17.5. The molecule has 1 aliphatic heterocycles. The Morgan fingerprint density at radius 3 is 2.36 bits per heavy atom. The summed E-state index contributed by atoms with van der Waals surface area (Å²) in [6, 6.07) is 11.1. The fraction of sp³-hybridized carbons (Fsp3) is 0.222. The van der Waals surface area contributed by atoms with Crippen LogP contribution in [0.1, 0.15) is 15.9 Å². The summed E-state index contributed by atoms with van der Waals surface area (Å²) in [6.07, 6.45) is 0. The molecule has 25 heavy (non-hydrogen) atoms. The Hall–Kier alpha value is -2.29. The van der Waals surface area contributed by atoms with Crippen LogP contribution in [-0.2, 0) is 0 Å². The van der Waals surface area contributed by atoms with E-state index in [-0.39, 0.29) is 10.9 Å². The summed E-state index contributed by atoms with van der Waals surface area (Å²) in [7, 11) is 0. The normalized spacial score (nSPS) is 14.3. The van der Waals surface area contributed by atoms with Gasteiger partial charge in [-0.25, -0.2) is 4.39 Å². The molecule has 1 saturated heterocycles. The summed E-state index contributed by atoms with van der Waals surface area (Å²) < 4.78 is 13.1. The zero-order valence-electron chi connectivity index (χ0n) is 13.2. The quantitative estimate of drug-likeness (QED) is 0.795. The number of amides is 1. The van der Waals surface area contributed by atoms with Gasteiger partial charge in [0.05, 0.1) is 21.2 Å². The molecule has 0 bridgehead atoms. The molecule has 7 heteroatoms. The molecule has 0 atom stereocenters. The lowest BCUT2D eigenvalue weighted by molar-refractivity contribution is 0.0747. The smallest absolute Gasteiger partial charge is 0.255 e. The first-order valence-corrected chi connectivity index (χ1v) is 8.44. The molecule has 4 nitrogen and oxygen atoms in total. The summed E-state index contributed by atoms with van der Waals surface area (Å²) in [5, 5.41) is 9.47. The summed E-state index contributed by atoms with van der Waals surface area (Å²) >= 11 is 12.1. The van der Waals surface area contributed by atoms with Crippen LogP contribution in [0.3, 0.4) is 0 Å². The lowest BCUT2D eigenvalue weighted by Gasteiger charge is -2.36. The van der Waals surface area contributed by atoms with Crippen molar-refractivity contribution in [2.24, 2.45) is 0 Å². The Kier molecular flexibility index (Phi) is 5.12. The maximum atomic E-state index is 13.1. The van der Waals surface area contributed by atoms with E-state index in [9.17, 15) is 9.18 Å². The van der Waals surface area contributed by atoms with E-state index in [0.717, 1.165) is 11.8 Å². The zero-order chi connectivity index (χ0) is 18.0. The first-order chi connectivity index (χ1) is 12.0. The molecule has 128 valence electrons. The molecule has 1 aliphatic rings. The minimum atomic E-state index is -0.468. The van der Waals surface area contributed by atoms with Crippen molar-refractivity contribution >= 4 is 34.8 Å². The van der Waals surface area contributed by atoms with Crippen molar-refractivity contribution in [3.63, 3.8) is 0 Å². The summed E-state index contributed by atoms with van der Waals surface area (Å²) in [5.41, 5.74) is 1.65. The van der Waals surface area contributed by atoms with Gasteiger partial charge in [-0.05, 0) is 36.4 Å². The van der Waals surface area contributed by atoms with Crippen molar-refractivity contribution in [2.75, 3.05) is 31.1 Å². The number of halogens is 3. The third kappa shape index (κ3) is 3.71. The van der Waals surface area contributed by atoms with Crippen LogP contribution in [-0.4, -0.2) is 37.0 Å². The maximum absolute atomic E-state index is 13.1. The molecule has 2 aromatic rings. The van der Waals surface area contributed by atoms with Crippen LogP contribution in [0, 0.1) is 17.1 Å². The minimum Gasteiger partial charge on any atom is -0.368 e. The maximum Gasteiger partial charge on any atom is 0.255 e. The molecule has 0 saturated carbocycles. The second kappa shape index (κ2) is 7.30. The third-order valence-electron chi connectivity index (χ3n) is 4.17. The van der Waals surface area contributed by atoms with Crippen LogP contribution in [0.4, 0.5) is 10.1 Å². The average Bonchev–Trinajstić information content (AvgIpc) is 2.61. The molecule has 1 fully saturated rings. The molecular formula is C18H14Cl2FN3O. The third-order valence-corrected chi connectivity index (χ3v) is 4.79. The number of hydrogen-bond acceptors (Lipinski definition) is 3. The van der Waals surface area contributed by atoms with Crippen molar-refractivity contribution in [3.8, 4) is 6.07 Å². The van der Waals surface area contributed by atoms with Crippen LogP contribution < -0.4 is 4.90 Å². The average molecular weight is 378 g/mol. The van der Waals surface area contributed by atoms with Crippen molar-refractivity contribution in [2.45, 2.75) is 0 Å². The topological polar surface area (TPSA) is 47.3 Å². The molecule has 0 N–H and O–H groups in total. The Balaban J connectivity index is 1.68. The highest BCUT2D eigenvalue weighted by atomic mass is 35.5. The monoisotopic (exact) mass is 377 g/mol. The van der Waals surface area contributed by atoms with E-state index in [2.05, 4.69) is 4.90 Å². The zero-order valence-corrected chi connectivity index (χ0v) is 14.7. The molecule has 2 aromatic carbocycles. The van der Waals surface area contributed by atoms with Gasteiger partial charge in [-0.2, -0.15) is 5.26 Å². The molecule has 0 aromatic heterocycles. The molecule has 3 rings (SSSR count). The highest BCUT2D eigenvalue weighted by Crippen LogP contribution is 2.25. The number of piperazine rings is 1. The number of nitrogens with zero attached hydrogens (tertiary/aromatic N) is 3. The van der Waals surface area contributed by atoms with E-state index >= 15 is 0 Å². The van der Waals surface area contributed by atoms with Crippen LogP contribution >= 0.6 is 23.2 Å². The van der Waals surface area contributed by atoms with Gasteiger partial charge in [0.15, 0.2) is 0 Å². The van der Waals surface area contributed by atoms with Crippen molar-refractivity contribution in [1.82, 2.24) is 4.90 Å². The van der Waals surface area contributed by atoms with Gasteiger partial charge in [-0.3, -0.25) is 4.79 Å². The van der Waals surface area contributed by atoms with E-state index in [1.165, 1.54) is 12.1 Å². The predicted octanol–water partition coefficient (Wildman–Crippen LogP) is 3.97. The fourth-order valence-electron chi connectivity index (χ4n) is 2.79. The number of carbonyl (C=O) groups excluding carboxylic acids is 1. The number of hydrogen-bond donors (Lipinski definition) is 0. The molecule has 0 aliphatic carbocycles. The van der Waals surface area contributed by atoms with E-state index < -0.39 is 5.82 Å². The molecule has 0 spiro atoms. The van der Waals surface area contributed by atoms with Gasteiger partial charge in [-0.1, -0.05) is 23.2 Å². The van der Waals surface area contributed by atoms with E-state index in [1.54, 1.807) is 17.0 Å². The van der Waals surface area contributed by atoms with Gasteiger partial charge in [0.25, 0.3) is 5.91 Å². The van der Waals surface area contributed by atoms with Crippen LogP contribution in [0.2, 0.25) is 10.0 Å². The molecular weight excluding hydrogens is 364 g/mol. The molecule has 0 radical (unpaired) electrons. The van der Waals surface area contributed by atoms with Crippen LogP contribution in [0.5, 0.6) is 0 Å². The summed E-state index contributed by atoms with van der Waals surface area (Å²) in [5.74, 6) is -0.674. The number of carbonyl (C=O) groups is 1. The van der Waals surface area contributed by atoms with Crippen LogP contribution in [0.15, 0.2) is 36.4 Å². The highest BCUT2D eigenvalue weighted by molar-refractivity contribution is 6.33. The summed E-state index contributed by atoms with van der Waals surface area (Å²) in [4.78, 5) is 16.4. The van der Waals surface area contributed by atoms with Gasteiger partial charge in [0.1, 0.15) is 11.9 Å². The van der Waals surface area contributed by atoms with E-state index in [0.29, 0.717) is 42.3 Å². The molecule has 1 heterocycles. The SMILES string of the molecule is N#Cc1ccc(N2CCN(C(=O)c3ccc(F)cc3Cl)CC2)cc1Cl. The fourth-order valence-corrected chi connectivity index (χ4v) is 3.26. The van der Waals surface area contributed by atoms with Gasteiger partial charge in [-0.15, -0.1) is 0 Å². The lowest BCUT2D eigenvalue weighted by atomic mass is 10.1. The van der Waals surface area contributed by atoms with Crippen molar-refractivity contribution in [3.05, 3.63) is 63.4 Å². The van der Waals surface area contributed by atoms with Gasteiger partial charge in [0.2, 0.25) is 0 Å². The Labute approximate surface area is 155 Å². The lowest BCUT2D eigenvalue weighted by Crippen LogP contribution is -2.48. The molecule has 0 unspecified atom stereocenters. The second-order valence-electron chi connectivity index (χ2n) is 5.68. The van der Waals surface area contributed by atoms with Crippen molar-refractivity contribution in [1.29, 1.82) is 5.26 Å². The number of anilines is 1. The predicted molar refractivity (Wildman–Crippen MR) is 95.7 cm³/mol. The van der Waals surface area contributed by atoms with Gasteiger partial charge < -0.3 is 9.80 Å². The standard InChI is InChI=1S/C18H14Cl2FN3O/c19-16-10-14(3-1-12(16)11-22)23-5-7-24(8-6-23)18(25)15-4-2-13(21)9-17(15)20/h1-4,9-10H,5-8H2. The molecule has 1 amide bonds. The Morgan fingerprint density at radius 2 is 1.76 bits per heavy atom. The van der Waals surface area contributed by atoms with E-state index in [1.807, 2.05) is 12.1 Å². The number of nitriles is 1. The number of rotatable bonds is 2. The minimum absolute atomic E-state index is 0.117. The van der Waals surface area contributed by atoms with Crippen LogP contribution in [0.25, 0.3) is 0 Å². The second-order valence-corrected chi connectivity index (χ2v) is 6.49. The largest absolute Gasteiger partial charge is 0.368 e. The van der Waals surface area contributed by atoms with Gasteiger partial charge in [0, 0.05) is 31.9 Å². The first-order valence-electron chi connectivity index (χ1n) is 7.68. The van der Waals surface area contributed by atoms with Crippen molar-refractivity contribution < 1.29 is 9.18 Å². The summed E-state index contributed by atoms with van der Waals surface area (Å²) in [6.45, 7) is 2.30. The highest BCUT2D eigenvalue weighted by Gasteiger charge is 2.24. The Morgan fingerprint density at radius 1 is 1.04 bits per heavy atom. The number of benzene rings is 2. The van der Waals surface area contributed by atoms with E-state index in [4.69, 9.17) is 28.5 Å². The Bertz CT molecular complexity index is 858.